The van der Waals surface area contributed by atoms with Crippen LogP contribution in [0.5, 0.6) is 0 Å². The topological polar surface area (TPSA) is 118 Å². The number of halogens is 8. The van der Waals surface area contributed by atoms with Crippen LogP contribution < -0.4 is 20.0 Å². The van der Waals surface area contributed by atoms with Gasteiger partial charge in [-0.05, 0) is 74.0 Å². The van der Waals surface area contributed by atoms with Gasteiger partial charge in [0.2, 0.25) is 0 Å². The summed E-state index contributed by atoms with van der Waals surface area (Å²) in [6.07, 6.45) is -1.51. The molecule has 0 N–H and O–H groups in total. The Hall–Kier alpha value is -8.16. The second kappa shape index (κ2) is 27.0. The van der Waals surface area contributed by atoms with Crippen LogP contribution in [0.25, 0.3) is 67.4 Å². The van der Waals surface area contributed by atoms with Gasteiger partial charge in [0.25, 0.3) is 0 Å². The molecule has 0 atom stereocenters. The number of fused-ring (bicyclic) bond motifs is 2. The van der Waals surface area contributed by atoms with Gasteiger partial charge in [-0.3, -0.25) is 28.7 Å². The van der Waals surface area contributed by atoms with Gasteiger partial charge in [-0.2, -0.15) is 51.8 Å². The zero-order valence-electron chi connectivity index (χ0n) is 47.2. The predicted octanol–water partition coefficient (Wildman–Crippen LogP) is 14.8. The molecular formula is C64H52F8Ir2N12-8. The minimum absolute atomic E-state index is 0. The molecule has 0 fully saturated rings. The molecule has 0 saturated carbocycles. The van der Waals surface area contributed by atoms with Crippen molar-refractivity contribution in [3.8, 4) is 45.6 Å². The minimum atomic E-state index is -4.56. The third-order valence-corrected chi connectivity index (χ3v) is 12.8. The number of anilines is 2. The van der Waals surface area contributed by atoms with Gasteiger partial charge in [0, 0.05) is 74.0 Å². The van der Waals surface area contributed by atoms with Crippen molar-refractivity contribution in [2.75, 3.05) is 23.9 Å². The molecular weight excluding hydrogens is 1470 g/mol. The fourth-order valence-corrected chi connectivity index (χ4v) is 8.25. The summed E-state index contributed by atoms with van der Waals surface area (Å²) in [6.45, 7) is 16.4. The summed E-state index contributed by atoms with van der Waals surface area (Å²) < 4.78 is 103. The predicted molar refractivity (Wildman–Crippen MR) is 306 cm³/mol. The van der Waals surface area contributed by atoms with E-state index in [1.54, 1.807) is 48.5 Å². The third-order valence-electron chi connectivity index (χ3n) is 12.8. The minimum Gasteiger partial charge on any atom is -0.573 e. The van der Waals surface area contributed by atoms with Crippen LogP contribution in [0.15, 0.2) is 158 Å². The zero-order valence-corrected chi connectivity index (χ0v) is 52.0. The van der Waals surface area contributed by atoms with E-state index in [0.717, 1.165) is 34.6 Å². The van der Waals surface area contributed by atoms with Crippen LogP contribution >= 0.6 is 0 Å². The molecule has 22 heteroatoms. The van der Waals surface area contributed by atoms with Crippen LogP contribution in [0, 0.1) is 49.2 Å². The van der Waals surface area contributed by atoms with Crippen LogP contribution in [0.2, 0.25) is 0 Å². The summed E-state index contributed by atoms with van der Waals surface area (Å²) in [5.74, 6) is 0.215. The van der Waals surface area contributed by atoms with E-state index in [1.807, 2.05) is 120 Å². The van der Waals surface area contributed by atoms with Gasteiger partial charge < -0.3 is 40.0 Å². The van der Waals surface area contributed by atoms with Crippen LogP contribution in [0.4, 0.5) is 46.5 Å². The van der Waals surface area contributed by atoms with Crippen molar-refractivity contribution in [2.45, 2.75) is 64.7 Å². The number of alkyl halides is 6. The molecule has 6 heterocycles. The maximum Gasteiger partial charge on any atom is 0.431 e. The molecule has 12 rings (SSSR count). The first kappa shape index (κ1) is 65.4. The second-order valence-corrected chi connectivity index (χ2v) is 21.3. The van der Waals surface area contributed by atoms with Gasteiger partial charge in [-0.25, -0.2) is 0 Å². The van der Waals surface area contributed by atoms with Crippen LogP contribution in [-0.4, -0.2) is 54.0 Å². The van der Waals surface area contributed by atoms with Gasteiger partial charge in [0.15, 0.2) is 0 Å². The Kier molecular flexibility index (Phi) is 20.6. The van der Waals surface area contributed by atoms with Crippen molar-refractivity contribution in [1.82, 2.24) is 50.1 Å². The van der Waals surface area contributed by atoms with Crippen LogP contribution in [0.1, 0.15) is 64.1 Å². The Morgan fingerprint density at radius 3 is 1.13 bits per heavy atom. The normalized spacial score (nSPS) is 13.1. The van der Waals surface area contributed by atoms with Gasteiger partial charge in [-0.15, -0.1) is 119 Å². The van der Waals surface area contributed by atoms with Gasteiger partial charge in [0.1, 0.15) is 11.4 Å². The average Bonchev–Trinajstić information content (AvgIpc) is 1.63. The molecule has 2 aliphatic heterocycles. The van der Waals surface area contributed by atoms with Crippen LogP contribution in [-0.2, 0) is 63.4 Å². The molecule has 86 heavy (non-hydrogen) atoms. The van der Waals surface area contributed by atoms with Gasteiger partial charge >= 0.3 is 12.4 Å². The molecule has 0 spiro atoms. The summed E-state index contributed by atoms with van der Waals surface area (Å²) in [4.78, 5) is 25.7. The van der Waals surface area contributed by atoms with Crippen molar-refractivity contribution in [3.05, 3.63) is 230 Å². The number of rotatable bonds is 6. The Balaban J connectivity index is 0.000000173. The summed E-state index contributed by atoms with van der Waals surface area (Å²) in [7, 11) is 3.86. The maximum absolute atomic E-state index is 13.0. The van der Waals surface area contributed by atoms with E-state index in [9.17, 15) is 35.1 Å². The van der Waals surface area contributed by atoms with E-state index in [4.69, 9.17) is 0 Å². The van der Waals surface area contributed by atoms with E-state index in [1.165, 1.54) is 24.3 Å². The van der Waals surface area contributed by atoms with Crippen molar-refractivity contribution in [2.24, 2.45) is 0 Å². The molecule has 0 aliphatic carbocycles. The molecule has 4 aromatic heterocycles. The van der Waals surface area contributed by atoms with Crippen LogP contribution in [0.3, 0.4) is 0 Å². The smallest absolute Gasteiger partial charge is 0.431 e. The van der Waals surface area contributed by atoms with E-state index in [0.29, 0.717) is 56.0 Å². The molecule has 0 unspecified atom stereocenters. The average molecular weight is 1530 g/mol. The standard InChI is InChI=1S/2C22H17F3N4.2C10H9FN2.2Ir/c2*1-21(2,3)14-10-8-13(9-11-14)20-26-16-7-5-4-6-15(16)19(27-20)17-12-18(29-28-17)22(23,24)25;2*1-12-6-7-13(8-12)10-4-2-9(11)3-5-10;;/h2*4-8,10-12H,1-3H3;2*2-4,6-8H,1H3;;/q4*-2;;. The van der Waals surface area contributed by atoms with E-state index in [2.05, 4.69) is 106 Å². The van der Waals surface area contributed by atoms with E-state index >= 15 is 0 Å². The summed E-state index contributed by atoms with van der Waals surface area (Å²) in [6, 6.07) is 48.5. The van der Waals surface area contributed by atoms with Crippen molar-refractivity contribution < 1.29 is 75.3 Å². The molecule has 2 radical (unpaired) electrons. The molecule has 0 bridgehead atoms. The Morgan fingerprint density at radius 1 is 0.453 bits per heavy atom. The number of benzene rings is 6. The summed E-state index contributed by atoms with van der Waals surface area (Å²) in [5.41, 5.74) is 5.01. The number of hydrogen-bond acceptors (Lipinski definition) is 10. The number of aromatic nitrogens is 8. The number of para-hydroxylation sites is 2. The molecule has 10 aromatic rings. The Labute approximate surface area is 519 Å². The first-order valence-electron chi connectivity index (χ1n) is 25.9. The zero-order chi connectivity index (χ0) is 60.1. The molecule has 2 aliphatic rings. The second-order valence-electron chi connectivity index (χ2n) is 21.3. The Morgan fingerprint density at radius 2 is 0.837 bits per heavy atom. The van der Waals surface area contributed by atoms with E-state index in [-0.39, 0.29) is 74.1 Å². The quantitative estimate of drug-likeness (QED) is 0.116. The third kappa shape index (κ3) is 16.2. The number of hydrogen-bond donors (Lipinski definition) is 0. The number of nitrogens with zero attached hydrogens (tertiary/aromatic N) is 12. The first-order valence-corrected chi connectivity index (χ1v) is 25.9. The maximum atomic E-state index is 13.0. The van der Waals surface area contributed by atoms with Crippen molar-refractivity contribution >= 4 is 33.2 Å². The molecule has 450 valence electrons. The molecule has 6 aromatic carbocycles. The summed E-state index contributed by atoms with van der Waals surface area (Å²) in [5, 5.41) is 15.2. The fraction of sp³-hybridized carbons (Fsp3) is 0.188. The van der Waals surface area contributed by atoms with Gasteiger partial charge in [0.05, 0.1) is 22.7 Å². The molecule has 0 saturated heterocycles. The van der Waals surface area contributed by atoms with E-state index < -0.39 is 23.7 Å². The first-order chi connectivity index (χ1) is 39.8. The van der Waals surface area contributed by atoms with Gasteiger partial charge in [-0.1, -0.05) is 89.3 Å². The van der Waals surface area contributed by atoms with Crippen molar-refractivity contribution in [3.63, 3.8) is 0 Å². The fourth-order valence-electron chi connectivity index (χ4n) is 8.25. The monoisotopic (exact) mass is 1530 g/mol. The van der Waals surface area contributed by atoms with Crippen molar-refractivity contribution in [1.29, 1.82) is 0 Å². The molecule has 12 nitrogen and oxygen atoms in total. The molecule has 0 amide bonds. The Bertz CT molecular complexity index is 3670. The summed E-state index contributed by atoms with van der Waals surface area (Å²) >= 11 is 0. The largest absolute Gasteiger partial charge is 0.573 e. The SMILES string of the molecule is CC(C)(C)c1c[c-]c(-c2nc(-c3cc(C(F)(F)F)n[n-]3)c3ccccc3n2)cc1.CC(C)(C)c1c[c-]c(-c2nc(-c3cc(C(F)(F)F)n[n-]3)c3ccccc3n2)cc1.CN1C=CN(c2[c-]cc(F)cc2)[CH-]1.CN1C=CN(c2[c-]cc(F)cc2)[CH-]1.[Ir].[Ir].